The molecule has 3 amide bonds. The zero-order valence-corrected chi connectivity index (χ0v) is 19.5. The second-order valence-corrected chi connectivity index (χ2v) is 9.25. The van der Waals surface area contributed by atoms with E-state index in [1.54, 1.807) is 0 Å². The molecule has 2 atom stereocenters. The summed E-state index contributed by atoms with van der Waals surface area (Å²) in [5, 5.41) is 3.24. The molecule has 0 aromatic heterocycles. The maximum Gasteiger partial charge on any atom is 0.237 e. The first-order valence-electron chi connectivity index (χ1n) is 12.1. The monoisotopic (exact) mass is 442 g/mol. The minimum Gasteiger partial charge on any atom is -0.369 e. The molecule has 7 nitrogen and oxygen atoms in total. The van der Waals surface area contributed by atoms with Gasteiger partial charge in [0.2, 0.25) is 17.7 Å². The summed E-state index contributed by atoms with van der Waals surface area (Å²) in [6.07, 6.45) is 4.77. The van der Waals surface area contributed by atoms with Crippen LogP contribution in [0.1, 0.15) is 64.0 Å². The maximum absolute atomic E-state index is 13.0. The van der Waals surface area contributed by atoms with Crippen LogP contribution in [0.15, 0.2) is 30.3 Å². The standard InChI is InChI=1S/C25H38N4O3/c1-3-7-22(19-8-5-4-6-9-19)27-24(31)18(2)28-14-12-21(13-15-28)25(32)29-16-10-20(11-17-29)23(26)30/h4-6,8-9,18,20-22H,3,7,10-17H2,1-2H3,(H2,26,30)(H,27,31)/t18-,22+/m1/s1. The number of hydrogen-bond acceptors (Lipinski definition) is 4. The number of hydrogen-bond donors (Lipinski definition) is 2. The number of rotatable bonds is 8. The Morgan fingerprint density at radius 3 is 2.16 bits per heavy atom. The molecular formula is C25H38N4O3. The normalized spacial score (nSPS) is 20.5. The van der Waals surface area contributed by atoms with E-state index in [1.807, 2.05) is 30.0 Å². The number of carbonyl (C=O) groups excluding carboxylic acids is 3. The number of nitrogens with two attached hydrogens (primary N) is 1. The van der Waals surface area contributed by atoms with Crippen molar-refractivity contribution in [3.8, 4) is 0 Å². The van der Waals surface area contributed by atoms with E-state index < -0.39 is 0 Å². The van der Waals surface area contributed by atoms with Crippen molar-refractivity contribution in [2.24, 2.45) is 17.6 Å². The van der Waals surface area contributed by atoms with Crippen molar-refractivity contribution in [3.63, 3.8) is 0 Å². The predicted octanol–water partition coefficient (Wildman–Crippen LogP) is 2.47. The van der Waals surface area contributed by atoms with Gasteiger partial charge in [0.25, 0.3) is 0 Å². The van der Waals surface area contributed by atoms with E-state index in [1.165, 1.54) is 0 Å². The number of piperidine rings is 2. The molecule has 0 radical (unpaired) electrons. The van der Waals surface area contributed by atoms with Gasteiger partial charge in [0.1, 0.15) is 0 Å². The van der Waals surface area contributed by atoms with Crippen molar-refractivity contribution in [1.82, 2.24) is 15.1 Å². The Bertz CT molecular complexity index is 769. The molecule has 0 spiro atoms. The minimum atomic E-state index is -0.258. The molecule has 2 fully saturated rings. The quantitative estimate of drug-likeness (QED) is 0.646. The molecule has 176 valence electrons. The van der Waals surface area contributed by atoms with Gasteiger partial charge in [-0.05, 0) is 57.7 Å². The number of carbonyl (C=O) groups is 3. The lowest BCUT2D eigenvalue weighted by atomic mass is 9.91. The van der Waals surface area contributed by atoms with Crippen LogP contribution in [-0.2, 0) is 14.4 Å². The minimum absolute atomic E-state index is 0.00352. The third-order valence-electron chi connectivity index (χ3n) is 7.11. The highest BCUT2D eigenvalue weighted by Gasteiger charge is 2.34. The van der Waals surface area contributed by atoms with Crippen molar-refractivity contribution in [2.45, 2.75) is 64.5 Å². The van der Waals surface area contributed by atoms with Gasteiger partial charge in [0.05, 0.1) is 12.1 Å². The fraction of sp³-hybridized carbons (Fsp3) is 0.640. The molecule has 2 saturated heterocycles. The van der Waals surface area contributed by atoms with E-state index >= 15 is 0 Å². The lowest BCUT2D eigenvalue weighted by Crippen LogP contribution is -2.51. The van der Waals surface area contributed by atoms with Gasteiger partial charge in [-0.25, -0.2) is 0 Å². The Kier molecular flexibility index (Phi) is 8.67. The Hall–Kier alpha value is -2.41. The van der Waals surface area contributed by atoms with Crippen molar-refractivity contribution >= 4 is 17.7 Å². The van der Waals surface area contributed by atoms with Crippen molar-refractivity contribution in [1.29, 1.82) is 0 Å². The summed E-state index contributed by atoms with van der Waals surface area (Å²) in [7, 11) is 0. The Labute approximate surface area is 191 Å². The molecular weight excluding hydrogens is 404 g/mol. The van der Waals surface area contributed by atoms with Crippen LogP contribution in [0.3, 0.4) is 0 Å². The lowest BCUT2D eigenvalue weighted by Gasteiger charge is -2.38. The van der Waals surface area contributed by atoms with Gasteiger partial charge in [-0.3, -0.25) is 19.3 Å². The van der Waals surface area contributed by atoms with Gasteiger partial charge in [0, 0.05) is 24.9 Å². The maximum atomic E-state index is 13.0. The fourth-order valence-corrected chi connectivity index (χ4v) is 4.93. The highest BCUT2D eigenvalue weighted by atomic mass is 16.2. The van der Waals surface area contributed by atoms with E-state index in [2.05, 4.69) is 29.3 Å². The SMILES string of the molecule is CCC[C@H](NC(=O)[C@@H](C)N1CCC(C(=O)N2CCC(C(N)=O)CC2)CC1)c1ccccc1. The molecule has 0 aliphatic carbocycles. The first-order chi connectivity index (χ1) is 15.4. The van der Waals surface area contributed by atoms with Crippen molar-refractivity contribution in [2.75, 3.05) is 26.2 Å². The molecule has 2 aliphatic heterocycles. The summed E-state index contributed by atoms with van der Waals surface area (Å²) in [5.41, 5.74) is 6.54. The van der Waals surface area contributed by atoms with Gasteiger partial charge in [-0.15, -0.1) is 0 Å². The highest BCUT2D eigenvalue weighted by molar-refractivity contribution is 5.82. The van der Waals surface area contributed by atoms with Crippen molar-refractivity contribution in [3.05, 3.63) is 35.9 Å². The molecule has 32 heavy (non-hydrogen) atoms. The molecule has 2 heterocycles. The van der Waals surface area contributed by atoms with E-state index in [4.69, 9.17) is 5.73 Å². The molecule has 3 rings (SSSR count). The van der Waals surface area contributed by atoms with E-state index in [0.29, 0.717) is 25.9 Å². The Morgan fingerprint density at radius 2 is 1.59 bits per heavy atom. The largest absolute Gasteiger partial charge is 0.369 e. The molecule has 1 aromatic rings. The van der Waals surface area contributed by atoms with Crippen LogP contribution >= 0.6 is 0 Å². The molecule has 0 unspecified atom stereocenters. The Balaban J connectivity index is 1.48. The predicted molar refractivity (Wildman–Crippen MR) is 124 cm³/mol. The van der Waals surface area contributed by atoms with Crippen LogP contribution in [0.25, 0.3) is 0 Å². The summed E-state index contributed by atoms with van der Waals surface area (Å²) in [5.74, 6) is -0.120. The number of nitrogens with one attached hydrogen (secondary N) is 1. The Morgan fingerprint density at radius 1 is 1.00 bits per heavy atom. The molecule has 7 heteroatoms. The van der Waals surface area contributed by atoms with Gasteiger partial charge in [-0.1, -0.05) is 43.7 Å². The number of benzene rings is 1. The summed E-state index contributed by atoms with van der Waals surface area (Å²) in [4.78, 5) is 41.3. The van der Waals surface area contributed by atoms with E-state index in [9.17, 15) is 14.4 Å². The second kappa shape index (κ2) is 11.5. The van der Waals surface area contributed by atoms with Crippen LogP contribution in [0.4, 0.5) is 0 Å². The first-order valence-corrected chi connectivity index (χ1v) is 12.1. The highest BCUT2D eigenvalue weighted by Crippen LogP contribution is 2.25. The summed E-state index contributed by atoms with van der Waals surface area (Å²) in [6, 6.07) is 9.93. The fourth-order valence-electron chi connectivity index (χ4n) is 4.93. The van der Waals surface area contributed by atoms with Crippen LogP contribution in [0, 0.1) is 11.8 Å². The molecule has 0 bridgehead atoms. The first kappa shape index (κ1) is 24.2. The van der Waals surface area contributed by atoms with Gasteiger partial charge < -0.3 is 16.0 Å². The number of amides is 3. The zero-order valence-electron chi connectivity index (χ0n) is 19.5. The van der Waals surface area contributed by atoms with E-state index in [-0.39, 0.29) is 41.6 Å². The summed E-state index contributed by atoms with van der Waals surface area (Å²) < 4.78 is 0. The van der Waals surface area contributed by atoms with Gasteiger partial charge in [-0.2, -0.15) is 0 Å². The second-order valence-electron chi connectivity index (χ2n) is 9.25. The zero-order chi connectivity index (χ0) is 23.1. The molecule has 3 N–H and O–H groups in total. The van der Waals surface area contributed by atoms with E-state index in [0.717, 1.165) is 44.3 Å². The smallest absolute Gasteiger partial charge is 0.237 e. The molecule has 1 aromatic carbocycles. The average molecular weight is 443 g/mol. The van der Waals surface area contributed by atoms with Crippen molar-refractivity contribution < 1.29 is 14.4 Å². The molecule has 0 saturated carbocycles. The number of nitrogens with zero attached hydrogens (tertiary/aromatic N) is 2. The van der Waals surface area contributed by atoms with Crippen LogP contribution in [-0.4, -0.2) is 59.7 Å². The van der Waals surface area contributed by atoms with Gasteiger partial charge >= 0.3 is 0 Å². The number of likely N-dealkylation sites (tertiary alicyclic amines) is 2. The van der Waals surface area contributed by atoms with Crippen LogP contribution in [0.5, 0.6) is 0 Å². The topological polar surface area (TPSA) is 95.7 Å². The summed E-state index contributed by atoms with van der Waals surface area (Å²) in [6.45, 7) is 6.80. The van der Waals surface area contributed by atoms with Crippen LogP contribution < -0.4 is 11.1 Å². The summed E-state index contributed by atoms with van der Waals surface area (Å²) >= 11 is 0. The molecule has 2 aliphatic rings. The van der Waals surface area contributed by atoms with Crippen LogP contribution in [0.2, 0.25) is 0 Å². The third-order valence-corrected chi connectivity index (χ3v) is 7.11. The van der Waals surface area contributed by atoms with Gasteiger partial charge in [0.15, 0.2) is 0 Å². The number of primary amides is 1. The average Bonchev–Trinajstić information content (AvgIpc) is 2.83. The third kappa shape index (κ3) is 6.09. The lowest BCUT2D eigenvalue weighted by molar-refractivity contribution is -0.140.